The molecule has 0 amide bonds. The van der Waals surface area contributed by atoms with E-state index in [-0.39, 0.29) is 0 Å². The number of para-hydroxylation sites is 2. The standard InChI is InChI=1S/C28H21N4/c1-3-10-25(29-2)31-21-13-6-4-11-19(21)27-23(31)16-17-24-28(27)20-12-5-7-14-22(20)32(24)26-15-8-9-18-30-26/h2,4-18H,3H2,1H3/q+1/b25-10+. The molecule has 0 N–H and O–H groups in total. The van der Waals surface area contributed by atoms with Gasteiger partial charge in [0.05, 0.1) is 11.0 Å². The van der Waals surface area contributed by atoms with Crippen molar-refractivity contribution in [2.45, 2.75) is 13.3 Å². The van der Waals surface area contributed by atoms with Crippen molar-refractivity contribution in [3.8, 4) is 12.4 Å². The molecule has 0 radical (unpaired) electrons. The molecule has 4 heteroatoms. The van der Waals surface area contributed by atoms with Gasteiger partial charge in [0.2, 0.25) is 0 Å². The Hall–Kier alpha value is -4.36. The van der Waals surface area contributed by atoms with E-state index in [9.17, 15) is 0 Å². The van der Waals surface area contributed by atoms with Crippen molar-refractivity contribution in [2.24, 2.45) is 0 Å². The number of rotatable bonds is 3. The first kappa shape index (κ1) is 18.4. The van der Waals surface area contributed by atoms with Gasteiger partial charge in [-0.05, 0) is 48.9 Å². The van der Waals surface area contributed by atoms with Gasteiger partial charge in [-0.15, -0.1) is 0 Å². The smallest absolute Gasteiger partial charge is 0.294 e. The molecule has 0 aliphatic rings. The predicted octanol–water partition coefficient (Wildman–Crippen LogP) is 7.46. The highest BCUT2D eigenvalue weighted by Crippen LogP contribution is 2.41. The fraction of sp³-hybridized carbons (Fsp3) is 0.0714. The van der Waals surface area contributed by atoms with Crippen LogP contribution in [0.4, 0.5) is 0 Å². The minimum Gasteiger partial charge on any atom is -0.294 e. The number of fused-ring (bicyclic) bond motifs is 7. The summed E-state index contributed by atoms with van der Waals surface area (Å²) in [5.74, 6) is 1.66. The summed E-state index contributed by atoms with van der Waals surface area (Å²) in [7, 11) is 0. The van der Waals surface area contributed by atoms with Crippen molar-refractivity contribution in [1.29, 1.82) is 0 Å². The second-order valence-electron chi connectivity index (χ2n) is 7.85. The summed E-state index contributed by atoms with van der Waals surface area (Å²) < 4.78 is 4.41. The predicted molar refractivity (Wildman–Crippen MR) is 134 cm³/mol. The van der Waals surface area contributed by atoms with E-state index in [0.717, 1.165) is 40.1 Å². The molecule has 0 aliphatic carbocycles. The van der Waals surface area contributed by atoms with Gasteiger partial charge in [0, 0.05) is 33.8 Å². The van der Waals surface area contributed by atoms with Crippen LogP contribution >= 0.6 is 0 Å². The van der Waals surface area contributed by atoms with Gasteiger partial charge in [-0.25, -0.2) is 4.98 Å². The second-order valence-corrected chi connectivity index (χ2v) is 7.85. The quantitative estimate of drug-likeness (QED) is 0.296. The number of hydrogen-bond donors (Lipinski definition) is 0. The molecule has 0 fully saturated rings. The molecule has 0 saturated heterocycles. The average molecular weight is 414 g/mol. The minimum atomic E-state index is 0.756. The zero-order chi connectivity index (χ0) is 21.7. The molecule has 32 heavy (non-hydrogen) atoms. The molecule has 0 aliphatic heterocycles. The van der Waals surface area contributed by atoms with Crippen LogP contribution in [0, 0.1) is 6.57 Å². The Balaban J connectivity index is 1.88. The Kier molecular flexibility index (Phi) is 4.09. The maximum absolute atomic E-state index is 5.84. The van der Waals surface area contributed by atoms with Crippen LogP contribution in [0.2, 0.25) is 0 Å². The number of pyridine rings is 1. The van der Waals surface area contributed by atoms with Crippen LogP contribution in [0.3, 0.4) is 0 Å². The zero-order valence-corrected chi connectivity index (χ0v) is 17.7. The van der Waals surface area contributed by atoms with E-state index in [0.29, 0.717) is 0 Å². The minimum absolute atomic E-state index is 0.756. The third kappa shape index (κ3) is 2.45. The average Bonchev–Trinajstić information content (AvgIpc) is 3.36. The molecular formula is C28H21N4+. The SMILES string of the molecule is C#[N+]/C(=C\CC)n1c2ccccc2c2c3c4ccccc4n(-c4ccccn4)c3ccc21. The lowest BCUT2D eigenvalue weighted by Crippen LogP contribution is -1.96. The van der Waals surface area contributed by atoms with Gasteiger partial charge in [0.15, 0.2) is 0 Å². The Morgan fingerprint density at radius 3 is 2.19 bits per heavy atom. The van der Waals surface area contributed by atoms with E-state index in [1.54, 1.807) is 0 Å². The molecule has 152 valence electrons. The molecule has 0 saturated carbocycles. The van der Waals surface area contributed by atoms with Crippen LogP contribution < -0.4 is 0 Å². The van der Waals surface area contributed by atoms with E-state index >= 15 is 0 Å². The van der Waals surface area contributed by atoms with Gasteiger partial charge in [0.1, 0.15) is 23.4 Å². The van der Waals surface area contributed by atoms with E-state index in [1.165, 1.54) is 21.5 Å². The molecule has 0 unspecified atom stereocenters. The maximum atomic E-state index is 5.84. The van der Waals surface area contributed by atoms with Crippen molar-refractivity contribution in [3.05, 3.63) is 96.0 Å². The van der Waals surface area contributed by atoms with Gasteiger partial charge in [0.25, 0.3) is 0 Å². The van der Waals surface area contributed by atoms with Crippen LogP contribution in [0.1, 0.15) is 13.3 Å². The first-order valence-corrected chi connectivity index (χ1v) is 10.8. The summed E-state index contributed by atoms with van der Waals surface area (Å²) in [4.78, 5) is 8.78. The highest BCUT2D eigenvalue weighted by molar-refractivity contribution is 6.29. The Morgan fingerprint density at radius 1 is 0.812 bits per heavy atom. The number of benzene rings is 3. The molecule has 6 aromatic rings. The third-order valence-electron chi connectivity index (χ3n) is 6.10. The number of nitrogens with zero attached hydrogens (tertiary/aromatic N) is 4. The summed E-state index contributed by atoms with van der Waals surface area (Å²) in [5.41, 5.74) is 4.46. The second kappa shape index (κ2) is 7.11. The van der Waals surface area contributed by atoms with E-state index in [4.69, 9.17) is 6.57 Å². The topological polar surface area (TPSA) is 27.1 Å². The van der Waals surface area contributed by atoms with Crippen molar-refractivity contribution in [3.63, 3.8) is 0 Å². The van der Waals surface area contributed by atoms with Crippen LogP contribution in [0.5, 0.6) is 0 Å². The Labute approximate surface area is 185 Å². The molecule has 0 spiro atoms. The molecule has 3 aromatic carbocycles. The Morgan fingerprint density at radius 2 is 1.47 bits per heavy atom. The fourth-order valence-corrected chi connectivity index (χ4v) is 4.88. The lowest BCUT2D eigenvalue weighted by atomic mass is 10.1. The third-order valence-corrected chi connectivity index (χ3v) is 6.10. The normalized spacial score (nSPS) is 12.2. The van der Waals surface area contributed by atoms with E-state index < -0.39 is 0 Å². The molecule has 0 atom stereocenters. The fourth-order valence-electron chi connectivity index (χ4n) is 4.88. The lowest BCUT2D eigenvalue weighted by Gasteiger charge is -2.06. The van der Waals surface area contributed by atoms with Gasteiger partial charge in [-0.2, -0.15) is 9.41 Å². The van der Waals surface area contributed by atoms with Crippen molar-refractivity contribution in [1.82, 2.24) is 14.1 Å². The van der Waals surface area contributed by atoms with Crippen molar-refractivity contribution >= 4 is 49.4 Å². The number of hydrogen-bond acceptors (Lipinski definition) is 1. The first-order valence-electron chi connectivity index (χ1n) is 10.8. The molecular weight excluding hydrogens is 392 g/mol. The van der Waals surface area contributed by atoms with E-state index in [2.05, 4.69) is 98.7 Å². The lowest BCUT2D eigenvalue weighted by molar-refractivity contribution is 1.08. The highest BCUT2D eigenvalue weighted by atomic mass is 15.1. The summed E-state index contributed by atoms with van der Waals surface area (Å²) in [6, 6.07) is 27.4. The molecule has 3 aromatic heterocycles. The largest absolute Gasteiger partial charge is 0.386 e. The zero-order valence-electron chi connectivity index (χ0n) is 17.7. The van der Waals surface area contributed by atoms with Crippen LogP contribution in [0.25, 0.3) is 60.1 Å². The monoisotopic (exact) mass is 413 g/mol. The van der Waals surface area contributed by atoms with Gasteiger partial charge >= 0.3 is 5.82 Å². The number of allylic oxidation sites excluding steroid dienone is 1. The van der Waals surface area contributed by atoms with Gasteiger partial charge in [-0.3, -0.25) is 4.57 Å². The van der Waals surface area contributed by atoms with Crippen LogP contribution in [-0.4, -0.2) is 14.1 Å². The molecule has 6 rings (SSSR count). The van der Waals surface area contributed by atoms with Gasteiger partial charge in [-0.1, -0.05) is 43.3 Å². The summed E-state index contributed by atoms with van der Waals surface area (Å²) in [6.45, 7) is 7.93. The first-order chi connectivity index (χ1) is 15.8. The highest BCUT2D eigenvalue weighted by Gasteiger charge is 2.25. The van der Waals surface area contributed by atoms with Crippen LogP contribution in [-0.2, 0) is 0 Å². The van der Waals surface area contributed by atoms with Crippen molar-refractivity contribution in [2.75, 3.05) is 0 Å². The molecule has 3 heterocycles. The summed E-state index contributed by atoms with van der Waals surface area (Å²) >= 11 is 0. The molecule has 4 nitrogen and oxygen atoms in total. The van der Waals surface area contributed by atoms with E-state index in [1.807, 2.05) is 18.3 Å². The molecule has 0 bridgehead atoms. The van der Waals surface area contributed by atoms with Crippen LogP contribution in [0.15, 0.2) is 91.1 Å². The summed E-state index contributed by atoms with van der Waals surface area (Å²) in [6.07, 6.45) is 4.75. The Bertz CT molecular complexity index is 1710. The van der Waals surface area contributed by atoms with Gasteiger partial charge < -0.3 is 0 Å². The van der Waals surface area contributed by atoms with Crippen molar-refractivity contribution < 1.29 is 0 Å². The number of aromatic nitrogens is 3. The summed E-state index contributed by atoms with van der Waals surface area (Å²) in [5, 5.41) is 4.80. The maximum Gasteiger partial charge on any atom is 0.386 e.